The van der Waals surface area contributed by atoms with Gasteiger partial charge in [-0.15, -0.1) is 0 Å². The van der Waals surface area contributed by atoms with Crippen LogP contribution in [0.5, 0.6) is 0 Å². The van der Waals surface area contributed by atoms with E-state index in [-0.39, 0.29) is 19.0 Å². The van der Waals surface area contributed by atoms with E-state index in [1.165, 1.54) is 19.4 Å². The molecule has 0 fully saturated rings. The van der Waals surface area contributed by atoms with Crippen LogP contribution >= 0.6 is 0 Å². The Bertz CT molecular complexity index is 709. The van der Waals surface area contributed by atoms with E-state index in [9.17, 15) is 14.4 Å². The maximum absolute atomic E-state index is 12.3. The van der Waals surface area contributed by atoms with Crippen LogP contribution in [0.15, 0.2) is 42.0 Å². The van der Waals surface area contributed by atoms with E-state index in [4.69, 9.17) is 14.2 Å². The van der Waals surface area contributed by atoms with Crippen molar-refractivity contribution in [3.05, 3.63) is 47.5 Å². The van der Waals surface area contributed by atoms with Crippen molar-refractivity contribution in [2.75, 3.05) is 6.61 Å². The van der Waals surface area contributed by atoms with Gasteiger partial charge in [-0.3, -0.25) is 14.4 Å². The summed E-state index contributed by atoms with van der Waals surface area (Å²) in [6.07, 6.45) is 2.97. The molecule has 1 aliphatic rings. The monoisotopic (exact) mass is 388 g/mol. The van der Waals surface area contributed by atoms with Crippen LogP contribution in [0.4, 0.5) is 0 Å². The lowest BCUT2D eigenvalue weighted by Gasteiger charge is -2.34. The SMILES string of the molecule is CCOC(=O)[C@@H]1C=C(CCCc2ccccc2)[C@@H](OC(C)=O)[C@H](OC(C)=O)C1. The topological polar surface area (TPSA) is 78.9 Å². The fourth-order valence-corrected chi connectivity index (χ4v) is 3.47. The molecule has 0 aromatic heterocycles. The van der Waals surface area contributed by atoms with Gasteiger partial charge in [0.05, 0.1) is 12.5 Å². The fraction of sp³-hybridized carbons (Fsp3) is 0.500. The van der Waals surface area contributed by atoms with E-state index in [1.807, 2.05) is 24.3 Å². The fourth-order valence-electron chi connectivity index (χ4n) is 3.47. The van der Waals surface area contributed by atoms with E-state index in [0.717, 1.165) is 18.4 Å². The normalized spacial score (nSPS) is 21.4. The van der Waals surface area contributed by atoms with Crippen LogP contribution in [0.1, 0.15) is 45.6 Å². The van der Waals surface area contributed by atoms with Crippen LogP contribution in [-0.4, -0.2) is 36.7 Å². The number of hydrogen-bond donors (Lipinski definition) is 0. The molecule has 6 heteroatoms. The minimum atomic E-state index is -0.701. The molecule has 0 amide bonds. The molecule has 0 saturated heterocycles. The van der Waals surface area contributed by atoms with Gasteiger partial charge in [0, 0.05) is 20.3 Å². The molecule has 0 bridgehead atoms. The van der Waals surface area contributed by atoms with Crippen molar-refractivity contribution in [1.29, 1.82) is 0 Å². The number of carbonyl (C=O) groups excluding carboxylic acids is 3. The molecule has 2 rings (SSSR count). The summed E-state index contributed by atoms with van der Waals surface area (Å²) in [7, 11) is 0. The second-order valence-corrected chi connectivity index (χ2v) is 6.85. The van der Waals surface area contributed by atoms with Gasteiger partial charge in [-0.05, 0) is 37.3 Å². The number of carbonyl (C=O) groups is 3. The van der Waals surface area contributed by atoms with Gasteiger partial charge in [0.2, 0.25) is 0 Å². The van der Waals surface area contributed by atoms with Gasteiger partial charge < -0.3 is 14.2 Å². The zero-order valence-electron chi connectivity index (χ0n) is 16.7. The summed E-state index contributed by atoms with van der Waals surface area (Å²) in [6, 6.07) is 10.1. The minimum absolute atomic E-state index is 0.235. The molecule has 3 atom stereocenters. The quantitative estimate of drug-likeness (QED) is 0.386. The molecule has 0 unspecified atom stereocenters. The summed E-state index contributed by atoms with van der Waals surface area (Å²) in [5.41, 5.74) is 2.00. The molecule has 152 valence electrons. The molecular weight excluding hydrogens is 360 g/mol. The maximum Gasteiger partial charge on any atom is 0.312 e. The highest BCUT2D eigenvalue weighted by atomic mass is 16.6. The van der Waals surface area contributed by atoms with E-state index in [0.29, 0.717) is 6.42 Å². The maximum atomic E-state index is 12.3. The Morgan fingerprint density at radius 2 is 1.68 bits per heavy atom. The molecule has 6 nitrogen and oxygen atoms in total. The summed E-state index contributed by atoms with van der Waals surface area (Å²) >= 11 is 0. The second kappa shape index (κ2) is 10.6. The Kier molecular flexibility index (Phi) is 8.23. The van der Waals surface area contributed by atoms with Crippen molar-refractivity contribution in [2.45, 2.75) is 58.7 Å². The van der Waals surface area contributed by atoms with Gasteiger partial charge in [0.1, 0.15) is 6.10 Å². The lowest BCUT2D eigenvalue weighted by molar-refractivity contribution is -0.166. The van der Waals surface area contributed by atoms with E-state index < -0.39 is 30.1 Å². The van der Waals surface area contributed by atoms with Crippen molar-refractivity contribution < 1.29 is 28.6 Å². The van der Waals surface area contributed by atoms with Crippen molar-refractivity contribution >= 4 is 17.9 Å². The van der Waals surface area contributed by atoms with Crippen LogP contribution in [0.3, 0.4) is 0 Å². The first-order valence-electron chi connectivity index (χ1n) is 9.66. The van der Waals surface area contributed by atoms with Gasteiger partial charge in [0.15, 0.2) is 6.10 Å². The minimum Gasteiger partial charge on any atom is -0.466 e. The van der Waals surface area contributed by atoms with Gasteiger partial charge in [-0.1, -0.05) is 36.4 Å². The lowest BCUT2D eigenvalue weighted by Crippen LogP contribution is -2.42. The predicted molar refractivity (Wildman–Crippen MR) is 103 cm³/mol. The molecule has 0 heterocycles. The number of benzene rings is 1. The lowest BCUT2D eigenvalue weighted by atomic mass is 9.83. The van der Waals surface area contributed by atoms with Crippen LogP contribution in [-0.2, 0) is 35.0 Å². The third-order valence-electron chi connectivity index (χ3n) is 4.58. The zero-order valence-corrected chi connectivity index (χ0v) is 16.7. The molecule has 0 radical (unpaired) electrons. The van der Waals surface area contributed by atoms with Crippen LogP contribution in [0.25, 0.3) is 0 Å². The summed E-state index contributed by atoms with van der Waals surface area (Å²) in [6.45, 7) is 4.65. The smallest absolute Gasteiger partial charge is 0.312 e. The number of hydrogen-bond acceptors (Lipinski definition) is 6. The highest BCUT2D eigenvalue weighted by molar-refractivity contribution is 5.75. The third-order valence-corrected chi connectivity index (χ3v) is 4.58. The van der Waals surface area contributed by atoms with Crippen LogP contribution < -0.4 is 0 Å². The third kappa shape index (κ3) is 6.51. The first-order valence-corrected chi connectivity index (χ1v) is 9.66. The van der Waals surface area contributed by atoms with Crippen molar-refractivity contribution in [3.63, 3.8) is 0 Å². The van der Waals surface area contributed by atoms with E-state index >= 15 is 0 Å². The molecule has 1 aromatic rings. The molecule has 0 spiro atoms. The second-order valence-electron chi connectivity index (χ2n) is 6.85. The molecule has 0 N–H and O–H groups in total. The van der Waals surface area contributed by atoms with Crippen molar-refractivity contribution in [1.82, 2.24) is 0 Å². The first-order chi connectivity index (χ1) is 13.4. The van der Waals surface area contributed by atoms with E-state index in [2.05, 4.69) is 12.1 Å². The Labute approximate surface area is 165 Å². The van der Waals surface area contributed by atoms with Crippen molar-refractivity contribution in [2.24, 2.45) is 5.92 Å². The van der Waals surface area contributed by atoms with Gasteiger partial charge in [-0.2, -0.15) is 0 Å². The average Bonchev–Trinajstić information content (AvgIpc) is 2.64. The van der Waals surface area contributed by atoms with Gasteiger partial charge in [0.25, 0.3) is 0 Å². The number of aryl methyl sites for hydroxylation is 1. The highest BCUT2D eigenvalue weighted by Gasteiger charge is 2.39. The molecule has 28 heavy (non-hydrogen) atoms. The molecule has 1 aliphatic carbocycles. The zero-order chi connectivity index (χ0) is 20.5. The Balaban J connectivity index is 2.19. The number of ether oxygens (including phenoxy) is 3. The van der Waals surface area contributed by atoms with Gasteiger partial charge >= 0.3 is 17.9 Å². The average molecular weight is 388 g/mol. The Morgan fingerprint density at radius 1 is 1.00 bits per heavy atom. The summed E-state index contributed by atoms with van der Waals surface area (Å²) < 4.78 is 16.0. The summed E-state index contributed by atoms with van der Waals surface area (Å²) in [5, 5.41) is 0. The van der Waals surface area contributed by atoms with E-state index in [1.54, 1.807) is 6.92 Å². The Morgan fingerprint density at radius 3 is 2.29 bits per heavy atom. The van der Waals surface area contributed by atoms with Crippen molar-refractivity contribution in [3.8, 4) is 0 Å². The van der Waals surface area contributed by atoms with Crippen LogP contribution in [0.2, 0.25) is 0 Å². The van der Waals surface area contributed by atoms with Crippen LogP contribution in [0, 0.1) is 5.92 Å². The largest absolute Gasteiger partial charge is 0.466 e. The number of rotatable bonds is 8. The molecule has 1 aromatic carbocycles. The molecular formula is C22H28O6. The molecule has 0 aliphatic heterocycles. The predicted octanol–water partition coefficient (Wildman–Crippen LogP) is 3.38. The number of esters is 3. The summed E-state index contributed by atoms with van der Waals surface area (Å²) in [4.78, 5) is 35.5. The standard InChI is InChI=1S/C22H28O6/c1-4-26-22(25)19-13-18(12-8-11-17-9-6-5-7-10-17)21(28-16(3)24)20(14-19)27-15(2)23/h5-7,9-10,13,19-21H,4,8,11-12,14H2,1-3H3/t19-,20-,21-/m1/s1. The first kappa shape index (κ1) is 21.7. The highest BCUT2D eigenvalue weighted by Crippen LogP contribution is 2.32. The van der Waals surface area contributed by atoms with Gasteiger partial charge in [-0.25, -0.2) is 0 Å². The summed E-state index contributed by atoms with van der Waals surface area (Å²) in [5.74, 6) is -1.81. The Hall–Kier alpha value is -2.63. The molecule has 0 saturated carbocycles.